The minimum absolute atomic E-state index is 0.0565. The first-order valence-electron chi connectivity index (χ1n) is 6.36. The van der Waals surface area contributed by atoms with Crippen LogP contribution in [0.5, 0.6) is 5.75 Å². The van der Waals surface area contributed by atoms with Crippen molar-refractivity contribution in [3.05, 3.63) is 41.7 Å². The Morgan fingerprint density at radius 3 is 2.68 bits per heavy atom. The van der Waals surface area contributed by atoms with E-state index in [0.717, 1.165) is 17.9 Å². The third-order valence-electron chi connectivity index (χ3n) is 3.06. The zero-order valence-corrected chi connectivity index (χ0v) is 11.3. The number of aliphatic hydroxyl groups excluding tert-OH is 1. The number of hydrogen-bond acceptors (Lipinski definition) is 4. The quantitative estimate of drug-likeness (QED) is 0.858. The zero-order chi connectivity index (χ0) is 13.7. The minimum atomic E-state index is 0.0565. The molecule has 0 aliphatic carbocycles. The van der Waals surface area contributed by atoms with Gasteiger partial charge in [-0.15, -0.1) is 0 Å². The summed E-state index contributed by atoms with van der Waals surface area (Å²) in [6, 6.07) is 8.05. The molecule has 2 rings (SSSR count). The molecule has 0 amide bonds. The van der Waals surface area contributed by atoms with Crippen LogP contribution in [0.15, 0.2) is 30.5 Å². The number of nitrogens with zero attached hydrogens (tertiary/aromatic N) is 3. The standard InChI is InChI=1S/C14H19N3O2/c1-11(14-10-15-17(16-14)7-8-18)9-12-3-5-13(19-2)6-4-12/h3-6,10-11,18H,7-9H2,1-2H3/t11-/m0/s1. The van der Waals surface area contributed by atoms with Gasteiger partial charge in [-0.1, -0.05) is 19.1 Å². The molecule has 0 unspecified atom stereocenters. The van der Waals surface area contributed by atoms with Crippen LogP contribution in [0.4, 0.5) is 0 Å². The molecular formula is C14H19N3O2. The van der Waals surface area contributed by atoms with Crippen LogP contribution in [0.25, 0.3) is 0 Å². The molecule has 2 aromatic rings. The molecule has 1 N–H and O–H groups in total. The lowest BCUT2D eigenvalue weighted by atomic mass is 9.99. The molecule has 5 nitrogen and oxygen atoms in total. The van der Waals surface area contributed by atoms with Crippen molar-refractivity contribution in [1.29, 1.82) is 0 Å². The highest BCUT2D eigenvalue weighted by molar-refractivity contribution is 5.28. The van der Waals surface area contributed by atoms with E-state index in [1.807, 2.05) is 12.1 Å². The van der Waals surface area contributed by atoms with Gasteiger partial charge in [0.1, 0.15) is 5.75 Å². The van der Waals surface area contributed by atoms with Crippen LogP contribution in [0.1, 0.15) is 24.1 Å². The Bertz CT molecular complexity index is 508. The summed E-state index contributed by atoms with van der Waals surface area (Å²) in [5.74, 6) is 1.16. The zero-order valence-electron chi connectivity index (χ0n) is 11.3. The Hall–Kier alpha value is -1.88. The fourth-order valence-electron chi connectivity index (χ4n) is 1.95. The van der Waals surface area contributed by atoms with Gasteiger partial charge in [0.05, 0.1) is 32.2 Å². The van der Waals surface area contributed by atoms with Gasteiger partial charge in [-0.25, -0.2) is 0 Å². The molecule has 0 aliphatic rings. The molecule has 1 heterocycles. The number of hydrogen-bond donors (Lipinski definition) is 1. The summed E-state index contributed by atoms with van der Waals surface area (Å²) < 4.78 is 5.14. The van der Waals surface area contributed by atoms with Crippen molar-refractivity contribution in [3.8, 4) is 5.75 Å². The molecule has 5 heteroatoms. The summed E-state index contributed by atoms with van der Waals surface area (Å²) in [5.41, 5.74) is 2.19. The largest absolute Gasteiger partial charge is 0.497 e. The van der Waals surface area contributed by atoms with Crippen LogP contribution in [-0.2, 0) is 13.0 Å². The van der Waals surface area contributed by atoms with E-state index >= 15 is 0 Å². The summed E-state index contributed by atoms with van der Waals surface area (Å²) in [7, 11) is 1.66. The van der Waals surface area contributed by atoms with Gasteiger partial charge in [-0.3, -0.25) is 0 Å². The number of methoxy groups -OCH3 is 1. The summed E-state index contributed by atoms with van der Waals surface area (Å²) >= 11 is 0. The number of ether oxygens (including phenoxy) is 1. The average molecular weight is 261 g/mol. The van der Waals surface area contributed by atoms with Gasteiger partial charge in [-0.2, -0.15) is 15.0 Å². The number of benzene rings is 1. The molecule has 0 radical (unpaired) electrons. The summed E-state index contributed by atoms with van der Waals surface area (Å²) in [5, 5.41) is 17.3. The number of rotatable bonds is 6. The van der Waals surface area contributed by atoms with Crippen molar-refractivity contribution in [2.75, 3.05) is 13.7 Å². The second kappa shape index (κ2) is 6.33. The van der Waals surface area contributed by atoms with Gasteiger partial charge < -0.3 is 9.84 Å². The predicted octanol–water partition coefficient (Wildman–Crippen LogP) is 1.63. The molecular weight excluding hydrogens is 242 g/mol. The van der Waals surface area contributed by atoms with Crippen molar-refractivity contribution in [3.63, 3.8) is 0 Å². The van der Waals surface area contributed by atoms with E-state index in [0.29, 0.717) is 12.5 Å². The second-order valence-electron chi connectivity index (χ2n) is 4.54. The Labute approximate surface area is 112 Å². The Balaban J connectivity index is 2.00. The first-order valence-corrected chi connectivity index (χ1v) is 6.36. The van der Waals surface area contributed by atoms with Crippen LogP contribution in [-0.4, -0.2) is 33.8 Å². The molecule has 1 atom stereocenters. The highest BCUT2D eigenvalue weighted by Crippen LogP contribution is 2.20. The first kappa shape index (κ1) is 13.5. The smallest absolute Gasteiger partial charge is 0.118 e. The first-order chi connectivity index (χ1) is 9.22. The van der Waals surface area contributed by atoms with Crippen molar-refractivity contribution >= 4 is 0 Å². The lowest BCUT2D eigenvalue weighted by Crippen LogP contribution is -2.07. The van der Waals surface area contributed by atoms with E-state index < -0.39 is 0 Å². The van der Waals surface area contributed by atoms with Crippen LogP contribution in [0.2, 0.25) is 0 Å². The van der Waals surface area contributed by atoms with E-state index in [2.05, 4.69) is 29.3 Å². The molecule has 1 aromatic heterocycles. The molecule has 0 spiro atoms. The monoisotopic (exact) mass is 261 g/mol. The highest BCUT2D eigenvalue weighted by Gasteiger charge is 2.11. The van der Waals surface area contributed by atoms with Crippen LogP contribution >= 0.6 is 0 Å². The van der Waals surface area contributed by atoms with E-state index in [9.17, 15) is 0 Å². The molecule has 102 valence electrons. The van der Waals surface area contributed by atoms with Crippen molar-refractivity contribution in [2.45, 2.75) is 25.8 Å². The third kappa shape index (κ3) is 3.54. The fraction of sp³-hybridized carbons (Fsp3) is 0.429. The molecule has 0 saturated heterocycles. The van der Waals surface area contributed by atoms with Gasteiger partial charge >= 0.3 is 0 Å². The predicted molar refractivity (Wildman–Crippen MR) is 72.2 cm³/mol. The fourth-order valence-corrected chi connectivity index (χ4v) is 1.95. The van der Waals surface area contributed by atoms with E-state index in [1.54, 1.807) is 13.3 Å². The molecule has 0 saturated carbocycles. The summed E-state index contributed by atoms with van der Waals surface area (Å²) in [6.45, 7) is 2.62. The van der Waals surface area contributed by atoms with Gasteiger partial charge in [-0.05, 0) is 24.1 Å². The van der Waals surface area contributed by atoms with Crippen LogP contribution in [0.3, 0.4) is 0 Å². The molecule has 1 aromatic carbocycles. The van der Waals surface area contributed by atoms with Gasteiger partial charge in [0.2, 0.25) is 0 Å². The number of aliphatic hydroxyl groups is 1. The third-order valence-corrected chi connectivity index (χ3v) is 3.06. The normalized spacial score (nSPS) is 12.4. The maximum atomic E-state index is 8.84. The van der Waals surface area contributed by atoms with Gasteiger partial charge in [0, 0.05) is 5.92 Å². The van der Waals surface area contributed by atoms with Crippen molar-refractivity contribution < 1.29 is 9.84 Å². The Morgan fingerprint density at radius 1 is 1.32 bits per heavy atom. The summed E-state index contributed by atoms with van der Waals surface area (Å²) in [4.78, 5) is 1.53. The van der Waals surface area contributed by atoms with Crippen molar-refractivity contribution in [2.24, 2.45) is 0 Å². The maximum absolute atomic E-state index is 8.84. The van der Waals surface area contributed by atoms with E-state index in [4.69, 9.17) is 9.84 Å². The SMILES string of the molecule is COc1ccc(C[C@H](C)c2cnn(CCO)n2)cc1. The molecule has 0 aliphatic heterocycles. The summed E-state index contributed by atoms with van der Waals surface area (Å²) in [6.07, 6.45) is 2.67. The van der Waals surface area contributed by atoms with Crippen molar-refractivity contribution in [1.82, 2.24) is 15.0 Å². The lowest BCUT2D eigenvalue weighted by Gasteiger charge is -2.08. The van der Waals surface area contributed by atoms with Gasteiger partial charge in [0.25, 0.3) is 0 Å². The van der Waals surface area contributed by atoms with E-state index in [-0.39, 0.29) is 6.61 Å². The topological polar surface area (TPSA) is 60.2 Å². The average Bonchev–Trinajstić information content (AvgIpc) is 2.89. The molecule has 19 heavy (non-hydrogen) atoms. The Kier molecular flexibility index (Phi) is 4.52. The maximum Gasteiger partial charge on any atom is 0.118 e. The van der Waals surface area contributed by atoms with Gasteiger partial charge in [0.15, 0.2) is 0 Å². The Morgan fingerprint density at radius 2 is 2.05 bits per heavy atom. The second-order valence-corrected chi connectivity index (χ2v) is 4.54. The van der Waals surface area contributed by atoms with Crippen LogP contribution < -0.4 is 4.74 Å². The highest BCUT2D eigenvalue weighted by atomic mass is 16.5. The van der Waals surface area contributed by atoms with Crippen LogP contribution in [0, 0.1) is 0 Å². The molecule has 0 fully saturated rings. The molecule has 0 bridgehead atoms. The lowest BCUT2D eigenvalue weighted by molar-refractivity contribution is 0.260. The van der Waals surface area contributed by atoms with E-state index in [1.165, 1.54) is 10.4 Å². The minimum Gasteiger partial charge on any atom is -0.497 e. The number of aromatic nitrogens is 3.